The predicted molar refractivity (Wildman–Crippen MR) is 332 cm³/mol. The topological polar surface area (TPSA) is 68.8 Å². The van der Waals surface area contributed by atoms with Crippen molar-refractivity contribution in [3.05, 3.63) is 179 Å². The number of fused-ring (bicyclic) bond motifs is 6. The van der Waals surface area contributed by atoms with Crippen LogP contribution >= 0.6 is 0 Å². The number of phenolic OH excluding ortho intramolecular Hbond substituents is 2. The quantitative estimate of drug-likeness (QED) is 0.135. The first-order valence-electron chi connectivity index (χ1n) is 28.2. The molecule has 404 valence electrons. The minimum Gasteiger partial charge on any atom is -0.505 e. The van der Waals surface area contributed by atoms with Gasteiger partial charge < -0.3 is 28.8 Å². The van der Waals surface area contributed by atoms with Crippen molar-refractivity contribution in [2.45, 2.75) is 158 Å². The molecule has 0 amide bonds. The van der Waals surface area contributed by atoms with Crippen LogP contribution in [0.4, 0.5) is 0 Å². The molecule has 6 heteroatoms. The third-order valence-corrected chi connectivity index (χ3v) is 15.4. The standard InChI is InChI=1S/C70H76N2O4.C2H6/c1-41(2)46-24-28-58-52(37-46)53-38-47(68(7,8)9)25-29-59(53)71(58)62-34-42(3)32-56(66(62)73)50-20-16-18-22-64(50)75-44(5)36-45(6)76-65-23-19-17-21-51(65)57-33-43(4)35-63(67(57)74)72-60-30-26-48(69(10,11)12)39-54(60)55-40-49(70(13,14)15)27-31-61(55)72;1-2/h16-35,37-41,44-45,73-74H,36H2,1-15H3;1-2H3/t44-,45-;/m0./s1. The summed E-state index contributed by atoms with van der Waals surface area (Å²) in [6.45, 7) is 37.1. The van der Waals surface area contributed by atoms with Gasteiger partial charge in [0.2, 0.25) is 0 Å². The zero-order chi connectivity index (χ0) is 56.3. The van der Waals surface area contributed by atoms with Gasteiger partial charge in [0.25, 0.3) is 0 Å². The van der Waals surface area contributed by atoms with E-state index in [1.54, 1.807) is 0 Å². The molecule has 2 N–H and O–H groups in total. The van der Waals surface area contributed by atoms with E-state index in [1.165, 1.54) is 43.8 Å². The van der Waals surface area contributed by atoms with E-state index in [2.05, 4.69) is 210 Å². The second-order valence-corrected chi connectivity index (χ2v) is 25.0. The van der Waals surface area contributed by atoms with Gasteiger partial charge in [0, 0.05) is 50.2 Å². The first kappa shape index (κ1) is 55.3. The molecule has 0 bridgehead atoms. The van der Waals surface area contributed by atoms with Crippen molar-refractivity contribution in [1.29, 1.82) is 0 Å². The normalized spacial score (nSPS) is 13.1. The second-order valence-electron chi connectivity index (χ2n) is 25.0. The molecule has 10 rings (SSSR count). The molecule has 2 atom stereocenters. The molecule has 0 fully saturated rings. The van der Waals surface area contributed by atoms with Crippen molar-refractivity contribution in [1.82, 2.24) is 9.13 Å². The van der Waals surface area contributed by atoms with Gasteiger partial charge in [0.15, 0.2) is 0 Å². The number of rotatable bonds is 11. The van der Waals surface area contributed by atoms with Crippen LogP contribution in [0.5, 0.6) is 23.0 Å². The predicted octanol–water partition coefficient (Wildman–Crippen LogP) is 19.9. The highest BCUT2D eigenvalue weighted by Crippen LogP contribution is 2.47. The van der Waals surface area contributed by atoms with Crippen LogP contribution in [0.15, 0.2) is 146 Å². The number of nitrogens with zero attached hydrogens (tertiary/aromatic N) is 2. The lowest BCUT2D eigenvalue weighted by Crippen LogP contribution is -2.23. The van der Waals surface area contributed by atoms with E-state index >= 15 is 0 Å². The highest BCUT2D eigenvalue weighted by atomic mass is 16.5. The Morgan fingerprint density at radius 1 is 0.410 bits per heavy atom. The van der Waals surface area contributed by atoms with Crippen LogP contribution in [-0.2, 0) is 16.2 Å². The molecule has 0 spiro atoms. The summed E-state index contributed by atoms with van der Waals surface area (Å²) >= 11 is 0. The van der Waals surface area contributed by atoms with Gasteiger partial charge >= 0.3 is 0 Å². The fourth-order valence-corrected chi connectivity index (χ4v) is 11.2. The summed E-state index contributed by atoms with van der Waals surface area (Å²) in [6, 6.07) is 51.3. The maximum absolute atomic E-state index is 12.6. The van der Waals surface area contributed by atoms with E-state index in [4.69, 9.17) is 9.47 Å². The smallest absolute Gasteiger partial charge is 0.147 e. The molecule has 10 aromatic rings. The number of aromatic nitrogens is 2. The van der Waals surface area contributed by atoms with Crippen molar-refractivity contribution in [2.24, 2.45) is 0 Å². The summed E-state index contributed by atoms with van der Waals surface area (Å²) in [6.07, 6.45) is 0.0558. The molecule has 8 aromatic carbocycles. The summed E-state index contributed by atoms with van der Waals surface area (Å²) in [7, 11) is 0. The van der Waals surface area contributed by atoms with Crippen molar-refractivity contribution in [3.8, 4) is 56.6 Å². The highest BCUT2D eigenvalue weighted by Gasteiger charge is 2.27. The first-order chi connectivity index (χ1) is 36.9. The summed E-state index contributed by atoms with van der Waals surface area (Å²) in [5.41, 5.74) is 15.7. The number of ether oxygens (including phenoxy) is 2. The SMILES string of the molecule is CC.Cc1cc(-c2ccccc2O[C@@H](C)C[C@H](C)Oc2ccccc2-c2cc(C)cc(-n3c4ccc(C(C)(C)C)cc4c4cc(C(C)(C)C)ccc43)c2O)c(O)c(-n2c3ccc(C(C)C)cc3c3cc(C(C)(C)C)ccc32)c1. The van der Waals surface area contributed by atoms with Crippen molar-refractivity contribution >= 4 is 43.6 Å². The monoisotopic (exact) mass is 1040 g/mol. The molecule has 0 radical (unpaired) electrons. The number of benzene rings is 8. The molecule has 0 unspecified atom stereocenters. The Kier molecular flexibility index (Phi) is 14.9. The number of hydrogen-bond acceptors (Lipinski definition) is 4. The van der Waals surface area contributed by atoms with Crippen LogP contribution in [0.1, 0.15) is 150 Å². The van der Waals surface area contributed by atoms with Crippen LogP contribution in [0.2, 0.25) is 0 Å². The Morgan fingerprint density at radius 2 is 0.744 bits per heavy atom. The molecule has 0 aliphatic rings. The molecule has 0 saturated heterocycles. The zero-order valence-electron chi connectivity index (χ0n) is 49.4. The molecule has 0 saturated carbocycles. The van der Waals surface area contributed by atoms with Gasteiger partial charge in [0.05, 0.1) is 45.6 Å². The van der Waals surface area contributed by atoms with Gasteiger partial charge in [-0.2, -0.15) is 0 Å². The molecule has 2 aromatic heterocycles. The Balaban J connectivity index is 0.00000366. The first-order valence-corrected chi connectivity index (χ1v) is 28.2. The van der Waals surface area contributed by atoms with Gasteiger partial charge in [-0.3, -0.25) is 0 Å². The maximum atomic E-state index is 12.6. The number of aryl methyl sites for hydroxylation is 2. The van der Waals surface area contributed by atoms with Gasteiger partial charge in [-0.25, -0.2) is 0 Å². The summed E-state index contributed by atoms with van der Waals surface area (Å²) in [5.74, 6) is 2.12. The number of hydrogen-bond donors (Lipinski definition) is 2. The highest BCUT2D eigenvalue weighted by molar-refractivity contribution is 6.11. The molecule has 78 heavy (non-hydrogen) atoms. The largest absolute Gasteiger partial charge is 0.505 e. The second kappa shape index (κ2) is 21.1. The summed E-state index contributed by atoms with van der Waals surface area (Å²) < 4.78 is 18.1. The van der Waals surface area contributed by atoms with E-state index in [-0.39, 0.29) is 40.0 Å². The average Bonchev–Trinajstić information content (AvgIpc) is 4.03. The van der Waals surface area contributed by atoms with Crippen LogP contribution in [0, 0.1) is 13.8 Å². The number of phenols is 2. The minimum atomic E-state index is -0.259. The fraction of sp³-hybridized carbons (Fsp3) is 0.333. The van der Waals surface area contributed by atoms with Crippen LogP contribution in [0.3, 0.4) is 0 Å². The van der Waals surface area contributed by atoms with Gasteiger partial charge in [-0.15, -0.1) is 0 Å². The van der Waals surface area contributed by atoms with E-state index in [0.29, 0.717) is 35.0 Å². The third-order valence-electron chi connectivity index (χ3n) is 15.4. The van der Waals surface area contributed by atoms with Crippen molar-refractivity contribution in [2.75, 3.05) is 0 Å². The molecule has 2 heterocycles. The molecular weight excluding hydrogens is 957 g/mol. The Morgan fingerprint density at radius 3 is 1.09 bits per heavy atom. The van der Waals surface area contributed by atoms with Crippen molar-refractivity contribution in [3.63, 3.8) is 0 Å². The minimum absolute atomic E-state index is 0.0207. The van der Waals surface area contributed by atoms with Crippen LogP contribution in [-0.4, -0.2) is 31.6 Å². The van der Waals surface area contributed by atoms with Gasteiger partial charge in [0.1, 0.15) is 23.0 Å². The van der Waals surface area contributed by atoms with Crippen LogP contribution in [0.25, 0.3) is 77.2 Å². The third kappa shape index (κ3) is 10.5. The van der Waals surface area contributed by atoms with E-state index in [1.807, 2.05) is 62.4 Å². The van der Waals surface area contributed by atoms with Gasteiger partial charge in [-0.1, -0.05) is 151 Å². The van der Waals surface area contributed by atoms with Crippen LogP contribution < -0.4 is 9.47 Å². The lowest BCUT2D eigenvalue weighted by Gasteiger charge is -2.24. The summed E-state index contributed by atoms with van der Waals surface area (Å²) in [4.78, 5) is 0. The molecule has 6 nitrogen and oxygen atoms in total. The fourth-order valence-electron chi connectivity index (χ4n) is 11.2. The average molecular weight is 1040 g/mol. The van der Waals surface area contributed by atoms with E-state index in [0.717, 1.165) is 55.7 Å². The zero-order valence-corrected chi connectivity index (χ0v) is 49.4. The molecular formula is C72H82N2O4. The van der Waals surface area contributed by atoms with Crippen molar-refractivity contribution < 1.29 is 19.7 Å². The Labute approximate surface area is 464 Å². The maximum Gasteiger partial charge on any atom is 0.147 e. The van der Waals surface area contributed by atoms with E-state index < -0.39 is 0 Å². The Bertz CT molecular complexity index is 3790. The molecule has 0 aliphatic heterocycles. The van der Waals surface area contributed by atoms with Gasteiger partial charge in [-0.05, 0) is 168 Å². The number of para-hydroxylation sites is 2. The Hall–Kier alpha value is -7.44. The lowest BCUT2D eigenvalue weighted by molar-refractivity contribution is 0.131. The van der Waals surface area contributed by atoms with E-state index in [9.17, 15) is 10.2 Å². The number of aromatic hydroxyl groups is 2. The molecule has 0 aliphatic carbocycles. The lowest BCUT2D eigenvalue weighted by atomic mass is 9.85. The summed E-state index contributed by atoms with van der Waals surface area (Å²) in [5, 5.41) is 29.8.